The Morgan fingerprint density at radius 2 is 0.412 bits per heavy atom. The SMILES string of the molecule is O=C([O-])C(F)(F)F.O=C([O-])C(F)(F)F.[NH3+]CC[NH+]1CC23c4c5c6c7c8c9c(c%10c%11c2c2c4c4c%12c5c5c6c6c8c8c%13c9c9c%10c%10c%11c%11c2c2c4c4c%12c%12c5c5c6c8c6c8c%13c9c9c%10c%10c%11c2c2c4c4c%12c5c6c5c8c9c%10c2c45)C73C1. The van der Waals surface area contributed by atoms with E-state index in [2.05, 4.69) is 5.73 Å². The number of halogens is 6. The predicted octanol–water partition coefficient (Wildman–Crippen LogP) is 12.0. The monoisotopic (exact) mass is 1030 g/mol. The Morgan fingerprint density at radius 1 is 0.300 bits per heavy atom. The van der Waals surface area contributed by atoms with Crippen molar-refractivity contribution in [2.45, 2.75) is 23.2 Å². The van der Waals surface area contributed by atoms with Crippen molar-refractivity contribution < 1.29 is 56.8 Å². The van der Waals surface area contributed by atoms with E-state index in [1.165, 1.54) is 13.1 Å². The molecular formula is C68H12F6N2O4. The second kappa shape index (κ2) is 8.14. The number of carbonyl (C=O) groups excluding carboxylic acids is 2. The van der Waals surface area contributed by atoms with Crippen LogP contribution in [0.1, 0.15) is 22.3 Å². The van der Waals surface area contributed by atoms with E-state index < -0.39 is 24.3 Å². The molecule has 2 spiro atoms. The van der Waals surface area contributed by atoms with Crippen molar-refractivity contribution in [2.75, 3.05) is 26.2 Å². The van der Waals surface area contributed by atoms with E-state index in [4.69, 9.17) is 19.8 Å². The van der Waals surface area contributed by atoms with Crippen LogP contribution in [0.15, 0.2) is 0 Å². The van der Waals surface area contributed by atoms with Gasteiger partial charge in [-0.3, -0.25) is 0 Å². The summed E-state index contributed by atoms with van der Waals surface area (Å²) in [5.41, 5.74) is 11.8. The molecule has 1 fully saturated rings. The maximum atomic E-state index is 10.5. The van der Waals surface area contributed by atoms with Crippen LogP contribution in [0.5, 0.6) is 0 Å². The Labute approximate surface area is 429 Å². The van der Waals surface area contributed by atoms with Gasteiger partial charge < -0.3 is 30.4 Å². The second-order valence-electron chi connectivity index (χ2n) is 26.8. The number of alkyl halides is 6. The summed E-state index contributed by atoms with van der Waals surface area (Å²) < 4.78 is 63.1. The molecule has 1 heterocycles. The van der Waals surface area contributed by atoms with E-state index in [1.54, 1.807) is 291 Å². The Balaban J connectivity index is 0.000000249. The number of carboxylic acid groups (broad SMARTS) is 2. The van der Waals surface area contributed by atoms with E-state index in [1.807, 2.05) is 27.2 Å². The molecule has 0 bridgehead atoms. The molecular weight excluding hydrogens is 1020 g/mol. The van der Waals surface area contributed by atoms with Gasteiger partial charge in [0.15, 0.2) is 0 Å². The summed E-state index contributed by atoms with van der Waals surface area (Å²) in [6.07, 6.45) is -10.4. The third-order valence-corrected chi connectivity index (χ3v) is 25.7. The molecule has 0 aromatic heterocycles. The molecule has 6 nitrogen and oxygen atoms in total. The average molecular weight is 1030 g/mol. The number of quaternary nitrogens is 2. The van der Waals surface area contributed by atoms with E-state index in [0.29, 0.717) is 0 Å². The highest BCUT2D eigenvalue weighted by molar-refractivity contribution is 6.82. The first-order chi connectivity index (χ1) is 38.8. The molecule has 4 N–H and O–H groups in total. The van der Waals surface area contributed by atoms with Crippen molar-refractivity contribution in [2.24, 2.45) is 0 Å². The lowest BCUT2D eigenvalue weighted by Crippen LogP contribution is -3.12. The summed E-state index contributed by atoms with van der Waals surface area (Å²) in [5, 5.41) is 109. The van der Waals surface area contributed by atoms with Gasteiger partial charge in [0.2, 0.25) is 0 Å². The number of carboxylic acids is 2. The summed E-state index contributed by atoms with van der Waals surface area (Å²) in [4.78, 5) is 19.4. The minimum Gasteiger partial charge on any atom is -0.542 e. The Bertz CT molecular complexity index is 6920. The zero-order chi connectivity index (χ0) is 51.0. The quantitative estimate of drug-likeness (QED) is 0.133. The van der Waals surface area contributed by atoms with E-state index in [9.17, 15) is 26.3 Å². The summed E-state index contributed by atoms with van der Waals surface area (Å²) in [5.74, 6) is -6.01. The van der Waals surface area contributed by atoms with Crippen LogP contribution in [0, 0.1) is 0 Å². The van der Waals surface area contributed by atoms with Gasteiger partial charge in [0.1, 0.15) is 25.0 Å². The highest BCUT2D eigenvalue weighted by atomic mass is 19.4. The zero-order valence-electron chi connectivity index (χ0n) is 39.9. The van der Waals surface area contributed by atoms with Crippen LogP contribution in [0.3, 0.4) is 0 Å². The summed E-state index contributed by atoms with van der Waals surface area (Å²) in [6, 6.07) is 0. The van der Waals surface area contributed by atoms with Gasteiger partial charge in [-0.1, -0.05) is 0 Å². The molecule has 0 unspecified atom stereocenters. The molecule has 0 atom stereocenters. The number of likely N-dealkylation sites (tertiary alicyclic amines) is 1. The zero-order valence-corrected chi connectivity index (χ0v) is 39.9. The molecule has 0 saturated carbocycles. The van der Waals surface area contributed by atoms with Crippen molar-refractivity contribution in [3.05, 3.63) is 22.3 Å². The fourth-order valence-corrected chi connectivity index (χ4v) is 25.5. The largest absolute Gasteiger partial charge is 0.542 e. The highest BCUT2D eigenvalue weighted by Gasteiger charge is 2.75. The van der Waals surface area contributed by atoms with E-state index in [0.717, 1.165) is 13.1 Å². The fourth-order valence-electron chi connectivity index (χ4n) is 25.5. The maximum Gasteiger partial charge on any atom is 0.430 e. The molecule has 80 heavy (non-hydrogen) atoms. The topological polar surface area (TPSA) is 112 Å². The number of aliphatic carboxylic acids is 2. The summed E-state index contributed by atoms with van der Waals surface area (Å²) >= 11 is 0. The Hall–Kier alpha value is -9.10. The van der Waals surface area contributed by atoms with Gasteiger partial charge in [-0.25, -0.2) is 0 Å². The summed E-state index contributed by atoms with van der Waals surface area (Å²) in [7, 11) is 0. The molecule has 360 valence electrons. The summed E-state index contributed by atoms with van der Waals surface area (Å²) in [6.45, 7) is 4.57. The van der Waals surface area contributed by atoms with Crippen LogP contribution >= 0.6 is 0 Å². The number of carbonyl (C=O) groups is 2. The lowest BCUT2D eigenvalue weighted by molar-refractivity contribution is -0.895. The van der Waals surface area contributed by atoms with Crippen molar-refractivity contribution in [3.63, 3.8) is 0 Å². The predicted molar refractivity (Wildman–Crippen MR) is 299 cm³/mol. The van der Waals surface area contributed by atoms with Gasteiger partial charge in [0.05, 0.1) is 23.9 Å². The smallest absolute Gasteiger partial charge is 0.430 e. The normalized spacial score (nSPS) is 22.1. The molecule has 0 radical (unpaired) electrons. The average Bonchev–Trinajstić information content (AvgIpc) is 1.61. The van der Waals surface area contributed by atoms with Crippen LogP contribution < -0.4 is 20.8 Å². The van der Waals surface area contributed by atoms with Gasteiger partial charge in [0, 0.05) is 0 Å². The van der Waals surface area contributed by atoms with Gasteiger partial charge in [-0.15, -0.1) is 0 Å². The standard InChI is InChI=1S/C64H10N2.2C2HF3O2/c65-1-2-66-3-63-59-51-43-33-23-15-7-5-6-9-13-11(7)19-27-21(13)31-25-17(9)18-10(6)14-12-8(5)16(15)24-30-20(12)28-22(14)32-26(18)36-35(25)45-39(31)49-41(27)47(37(43)29(19)23)55(59)57(49)61-53(45)54-46(36)40(32)50-42(28)48-38(30)44(34(24)33)52(51)60(63)56(48)58(50)62(54)64(61,63)4-66;2*3-2(4,5)1(6)7/h1-4,65H2;2*(H,6,7). The van der Waals surface area contributed by atoms with E-state index in [-0.39, 0.29) is 10.8 Å². The van der Waals surface area contributed by atoms with Crippen LogP contribution in [-0.4, -0.2) is 50.5 Å². The minimum absolute atomic E-state index is 0.0944. The molecule has 12 heteroatoms. The first kappa shape index (κ1) is 34.7. The molecule has 33 rings (SSSR count). The number of hydrogen-bond acceptors (Lipinski definition) is 4. The molecule has 1 saturated heterocycles. The lowest BCUT2D eigenvalue weighted by atomic mass is 9.50. The number of benzene rings is 18. The molecule has 4 aliphatic carbocycles. The van der Waals surface area contributed by atoms with E-state index >= 15 is 0 Å². The van der Waals surface area contributed by atoms with Crippen LogP contribution in [0.2, 0.25) is 0 Å². The fraction of sp³-hybridized carbons (Fsp3) is 0.118. The van der Waals surface area contributed by atoms with Gasteiger partial charge in [0.25, 0.3) is 0 Å². The second-order valence-corrected chi connectivity index (χ2v) is 26.8. The third kappa shape index (κ3) is 2.10. The molecule has 28 aromatic rings. The first-order valence-electron chi connectivity index (χ1n) is 27.7. The van der Waals surface area contributed by atoms with Gasteiger partial charge in [-0.2, -0.15) is 26.3 Å². The Kier molecular flexibility index (Phi) is 3.53. The highest BCUT2D eigenvalue weighted by Crippen LogP contribution is 2.84. The number of rotatable bonds is 2. The van der Waals surface area contributed by atoms with Crippen LogP contribution in [0.25, 0.3) is 291 Å². The lowest BCUT2D eigenvalue weighted by Gasteiger charge is -2.47. The molecule has 5 aliphatic rings. The van der Waals surface area contributed by atoms with Gasteiger partial charge in [-0.05, 0) is 313 Å². The maximum absolute atomic E-state index is 10.5. The molecule has 1 aliphatic heterocycles. The van der Waals surface area contributed by atoms with Crippen LogP contribution in [-0.2, 0) is 20.4 Å². The van der Waals surface area contributed by atoms with Crippen molar-refractivity contribution in [3.8, 4) is 0 Å². The minimum atomic E-state index is -5.19. The van der Waals surface area contributed by atoms with Crippen molar-refractivity contribution in [1.29, 1.82) is 0 Å². The number of hydrogen-bond donors (Lipinski definition) is 2. The third-order valence-electron chi connectivity index (χ3n) is 25.7. The van der Waals surface area contributed by atoms with Crippen molar-refractivity contribution in [1.82, 2.24) is 0 Å². The first-order valence-corrected chi connectivity index (χ1v) is 27.7. The Morgan fingerprint density at radius 3 is 0.512 bits per heavy atom. The van der Waals surface area contributed by atoms with Crippen LogP contribution in [0.4, 0.5) is 26.3 Å². The number of nitrogens with one attached hydrogen (secondary N) is 1. The molecule has 0 amide bonds. The molecule has 28 aromatic carbocycles. The van der Waals surface area contributed by atoms with Gasteiger partial charge >= 0.3 is 12.4 Å². The van der Waals surface area contributed by atoms with Crippen molar-refractivity contribution >= 4 is 303 Å².